The van der Waals surface area contributed by atoms with E-state index in [1.807, 2.05) is 0 Å². The number of β-lactam (4-membered cyclic amide) rings is 1. The Morgan fingerprint density at radius 2 is 1.71 bits per heavy atom. The van der Waals surface area contributed by atoms with E-state index in [0.717, 1.165) is 16.7 Å². The summed E-state index contributed by atoms with van der Waals surface area (Å²) in [7, 11) is -3.34. The molecular formula is C34H39FN2O11S. The maximum atomic E-state index is 13.8. The van der Waals surface area contributed by atoms with E-state index >= 15 is 0 Å². The van der Waals surface area contributed by atoms with Crippen LogP contribution < -0.4 is 14.4 Å². The molecule has 49 heavy (non-hydrogen) atoms. The Kier molecular flexibility index (Phi) is 11.0. The minimum absolute atomic E-state index is 0.0418. The number of hydrogen-bond acceptors (Lipinski definition) is 10. The van der Waals surface area contributed by atoms with Gasteiger partial charge in [-0.3, -0.25) is 4.79 Å². The van der Waals surface area contributed by atoms with E-state index in [0.29, 0.717) is 18.4 Å². The fraction of sp³-hybridized carbons (Fsp3) is 0.412. The lowest BCUT2D eigenvalue weighted by molar-refractivity contribution is -0.313. The summed E-state index contributed by atoms with van der Waals surface area (Å²) < 4.78 is 49.8. The van der Waals surface area contributed by atoms with Gasteiger partial charge in [-0.2, -0.15) is 0 Å². The number of para-hydroxylation sites is 1. The van der Waals surface area contributed by atoms with Crippen molar-refractivity contribution >= 4 is 27.6 Å². The molecule has 2 fully saturated rings. The molecule has 6 N–H and O–H groups in total. The molecule has 13 nitrogen and oxygen atoms in total. The van der Waals surface area contributed by atoms with Crippen LogP contribution >= 0.6 is 0 Å². The maximum Gasteiger partial charge on any atom is 0.336 e. The van der Waals surface area contributed by atoms with Gasteiger partial charge in [0.2, 0.25) is 22.2 Å². The number of sulfonamides is 1. The number of carbonyl (C=O) groups is 2. The second-order valence-corrected chi connectivity index (χ2v) is 14.2. The van der Waals surface area contributed by atoms with Crippen LogP contribution in [0, 0.1) is 11.7 Å². The number of aliphatic hydroxyl groups excluding tert-OH is 3. The fourth-order valence-electron chi connectivity index (χ4n) is 6.43. The first-order chi connectivity index (χ1) is 23.2. The molecule has 15 heteroatoms. The molecule has 0 radical (unpaired) electrons. The first-order valence-corrected chi connectivity index (χ1v) is 17.6. The average molecular weight is 703 g/mol. The molecule has 1 amide bonds. The minimum Gasteiger partial charge on any atom is -0.479 e. The van der Waals surface area contributed by atoms with Crippen molar-refractivity contribution in [3.8, 4) is 5.75 Å². The Morgan fingerprint density at radius 3 is 2.33 bits per heavy atom. The highest BCUT2D eigenvalue weighted by Crippen LogP contribution is 2.47. The van der Waals surface area contributed by atoms with Gasteiger partial charge >= 0.3 is 5.97 Å². The van der Waals surface area contributed by atoms with Crippen molar-refractivity contribution in [2.45, 2.75) is 68.0 Å². The molecule has 264 valence electrons. The smallest absolute Gasteiger partial charge is 0.336 e. The number of carboxylic acid groups (broad SMARTS) is 1. The van der Waals surface area contributed by atoms with E-state index in [1.54, 1.807) is 42.5 Å². The van der Waals surface area contributed by atoms with Gasteiger partial charge in [0.05, 0.1) is 24.3 Å². The van der Waals surface area contributed by atoms with Crippen LogP contribution in [0.15, 0.2) is 78.9 Å². The number of nitrogens with zero attached hydrogens (tertiary/aromatic N) is 1. The number of carbonyl (C=O) groups excluding carboxylic acids is 1. The molecule has 2 aliphatic heterocycles. The molecule has 0 saturated carbocycles. The van der Waals surface area contributed by atoms with E-state index < -0.39 is 76.0 Å². The second-order valence-electron chi connectivity index (χ2n) is 12.3. The Labute approximate surface area is 282 Å². The number of halogens is 1. The summed E-state index contributed by atoms with van der Waals surface area (Å²) in [5.41, 5.74) is -1.33. The van der Waals surface area contributed by atoms with Crippen molar-refractivity contribution in [2.24, 2.45) is 5.92 Å². The molecule has 8 atom stereocenters. The van der Waals surface area contributed by atoms with Gasteiger partial charge in [0, 0.05) is 12.2 Å². The summed E-state index contributed by atoms with van der Waals surface area (Å²) in [5.74, 6) is -3.66. The number of ether oxygens (including phenoxy) is 2. The van der Waals surface area contributed by atoms with E-state index in [1.165, 1.54) is 36.4 Å². The molecule has 0 aromatic heterocycles. The molecular weight excluding hydrogens is 663 g/mol. The molecule has 2 heterocycles. The molecule has 0 bridgehead atoms. The van der Waals surface area contributed by atoms with Crippen LogP contribution in [0.5, 0.6) is 5.75 Å². The van der Waals surface area contributed by atoms with Crippen molar-refractivity contribution in [2.75, 3.05) is 17.7 Å². The van der Waals surface area contributed by atoms with Crippen LogP contribution in [0.2, 0.25) is 0 Å². The number of benzene rings is 3. The first-order valence-electron chi connectivity index (χ1n) is 15.7. The number of hydrogen-bond donors (Lipinski definition) is 6. The summed E-state index contributed by atoms with van der Waals surface area (Å²) >= 11 is 0. The topological polar surface area (TPSA) is 203 Å². The lowest BCUT2D eigenvalue weighted by Crippen LogP contribution is -2.82. The van der Waals surface area contributed by atoms with Crippen molar-refractivity contribution in [1.29, 1.82) is 0 Å². The predicted molar refractivity (Wildman–Crippen MR) is 173 cm³/mol. The Bertz CT molecular complexity index is 1710. The number of nitrogens with one attached hydrogen (secondary N) is 1. The summed E-state index contributed by atoms with van der Waals surface area (Å²) in [6.45, 7) is 0.220. The largest absolute Gasteiger partial charge is 0.479 e. The highest BCUT2D eigenvalue weighted by atomic mass is 32.2. The van der Waals surface area contributed by atoms with Crippen LogP contribution in [0.1, 0.15) is 36.5 Å². The molecule has 2 aliphatic rings. The molecule has 2 saturated heterocycles. The number of anilines is 1. The first kappa shape index (κ1) is 36.3. The van der Waals surface area contributed by atoms with Crippen molar-refractivity contribution in [3.63, 3.8) is 0 Å². The number of aryl methyl sites for hydroxylation is 1. The van der Waals surface area contributed by atoms with Crippen LogP contribution in [0.3, 0.4) is 0 Å². The zero-order valence-electron chi connectivity index (χ0n) is 26.5. The van der Waals surface area contributed by atoms with Crippen LogP contribution in [-0.4, -0.2) is 94.9 Å². The third-order valence-electron chi connectivity index (χ3n) is 8.90. The quantitative estimate of drug-likeness (QED) is 0.105. The molecule has 0 aliphatic carbocycles. The number of aliphatic hydroxyl groups is 4. The second kappa shape index (κ2) is 14.9. The molecule has 3 aromatic carbocycles. The van der Waals surface area contributed by atoms with Crippen LogP contribution in [-0.2, 0) is 30.8 Å². The van der Waals surface area contributed by atoms with Crippen molar-refractivity contribution in [3.05, 3.63) is 95.8 Å². The lowest BCUT2D eigenvalue weighted by atomic mass is 9.66. The zero-order valence-corrected chi connectivity index (χ0v) is 27.3. The summed E-state index contributed by atoms with van der Waals surface area (Å²) in [6.07, 6.45) is -7.21. The van der Waals surface area contributed by atoms with Gasteiger partial charge in [-0.05, 0) is 73.2 Å². The van der Waals surface area contributed by atoms with Crippen LogP contribution in [0.4, 0.5) is 10.1 Å². The van der Waals surface area contributed by atoms with Gasteiger partial charge in [-0.25, -0.2) is 22.3 Å². The Hall–Kier alpha value is -3.96. The van der Waals surface area contributed by atoms with Gasteiger partial charge < -0.3 is 39.9 Å². The van der Waals surface area contributed by atoms with Crippen molar-refractivity contribution in [1.82, 2.24) is 4.72 Å². The summed E-state index contributed by atoms with van der Waals surface area (Å²) in [4.78, 5) is 27.6. The monoisotopic (exact) mass is 702 g/mol. The third kappa shape index (κ3) is 7.94. The van der Waals surface area contributed by atoms with Gasteiger partial charge in [0.25, 0.3) is 0 Å². The van der Waals surface area contributed by atoms with Gasteiger partial charge in [0.1, 0.15) is 23.8 Å². The maximum absolute atomic E-state index is 13.8. The normalized spacial score (nSPS) is 27.7. The van der Waals surface area contributed by atoms with Crippen molar-refractivity contribution < 1.29 is 57.4 Å². The molecule has 1 unspecified atom stereocenters. The molecule has 3 aromatic rings. The number of rotatable bonds is 14. The van der Waals surface area contributed by atoms with E-state index in [4.69, 9.17) is 9.47 Å². The van der Waals surface area contributed by atoms with Gasteiger partial charge in [-0.15, -0.1) is 0 Å². The molecule has 0 spiro atoms. The SMILES string of the molecule is CS(=O)(=O)NCCCc1ccc(N2C(=O)[C@H](CC[C@H](O)c3ccc(F)cc3)[C@H]2[C@@]2(O)[C@@H](C(=O)O)OC(Oc3ccccc3)[C@H](O)[C@H]2O)cc1. The highest BCUT2D eigenvalue weighted by molar-refractivity contribution is 7.88. The van der Waals surface area contributed by atoms with E-state index in [2.05, 4.69) is 4.72 Å². The third-order valence-corrected chi connectivity index (χ3v) is 9.63. The summed E-state index contributed by atoms with van der Waals surface area (Å²) in [5, 5.41) is 55.9. The van der Waals surface area contributed by atoms with E-state index in [9.17, 15) is 47.9 Å². The predicted octanol–water partition coefficient (Wildman–Crippen LogP) is 1.49. The van der Waals surface area contributed by atoms with Gasteiger partial charge in [0.15, 0.2) is 11.7 Å². The summed E-state index contributed by atoms with van der Waals surface area (Å²) in [6, 6.07) is 18.2. The van der Waals surface area contributed by atoms with Crippen LogP contribution in [0.25, 0.3) is 0 Å². The number of aliphatic carboxylic acids is 1. The van der Waals surface area contributed by atoms with E-state index in [-0.39, 0.29) is 30.8 Å². The Morgan fingerprint density at radius 1 is 1.06 bits per heavy atom. The average Bonchev–Trinajstić information content (AvgIpc) is 3.06. The zero-order chi connectivity index (χ0) is 35.5. The number of amides is 1. The highest BCUT2D eigenvalue weighted by Gasteiger charge is 2.69. The standard InChI is InChI=1S/C34H39FN2O11S/c1-49(45,46)36-19-5-6-20-9-15-23(16-10-20)37-28(25(31(37)41)17-18-26(38)21-11-13-22(35)14-12-21)34(44)29(40)27(39)33(48-30(34)32(42)43)47-24-7-3-2-4-8-24/h2-4,7-16,25-30,33,36,38-40,44H,5-6,17-19H2,1H3,(H,42,43)/t25-,26+,27-,28+,29-,30-,33?,34+/m1/s1. The fourth-order valence-corrected chi connectivity index (χ4v) is 6.94. The lowest BCUT2D eigenvalue weighted by Gasteiger charge is -2.59. The molecule has 5 rings (SSSR count). The number of carboxylic acids is 1. The van der Waals surface area contributed by atoms with Gasteiger partial charge in [-0.1, -0.05) is 42.5 Å². The minimum atomic E-state index is -3.34. The Balaban J connectivity index is 1.43.